The molecule has 1 N–H and O–H groups in total. The summed E-state index contributed by atoms with van der Waals surface area (Å²) in [6.45, 7) is 4.90. The predicted octanol–water partition coefficient (Wildman–Crippen LogP) is 5.42. The van der Waals surface area contributed by atoms with Gasteiger partial charge in [-0.25, -0.2) is 4.79 Å². The molecule has 7 nitrogen and oxygen atoms in total. The molecule has 0 spiro atoms. The Morgan fingerprint density at radius 1 is 1.18 bits per heavy atom. The van der Waals surface area contributed by atoms with Crippen molar-refractivity contribution in [3.63, 3.8) is 0 Å². The van der Waals surface area contributed by atoms with Gasteiger partial charge < -0.3 is 14.6 Å². The fourth-order valence-electron chi connectivity index (χ4n) is 2.77. The number of carboxylic acid groups (broad SMARTS) is 1. The van der Waals surface area contributed by atoms with Gasteiger partial charge in [-0.1, -0.05) is 13.8 Å². The summed E-state index contributed by atoms with van der Waals surface area (Å²) in [5.74, 6) is -2.15. The molecule has 0 aliphatic heterocycles. The van der Waals surface area contributed by atoms with E-state index in [1.165, 1.54) is 12.1 Å². The monoisotopic (exact) mass is 399 g/mol. The minimum Gasteiger partial charge on any atom is -0.477 e. The molecular weight excluding hydrogens is 383 g/mol. The largest absolute Gasteiger partial charge is 0.573 e. The van der Waals surface area contributed by atoms with Gasteiger partial charge in [-0.2, -0.15) is 0 Å². The molecule has 2 aromatic carbocycles. The van der Waals surface area contributed by atoms with E-state index in [9.17, 15) is 33.2 Å². The van der Waals surface area contributed by atoms with Gasteiger partial charge in [0.05, 0.1) is 4.92 Å². The Kier molecular flexibility index (Phi) is 5.81. The van der Waals surface area contributed by atoms with Crippen LogP contribution < -0.4 is 9.47 Å². The number of nitro benzene ring substituents is 1. The summed E-state index contributed by atoms with van der Waals surface area (Å²) in [5, 5.41) is 20.8. The molecule has 2 aromatic rings. The highest BCUT2D eigenvalue weighted by Crippen LogP contribution is 2.40. The van der Waals surface area contributed by atoms with Gasteiger partial charge in [0.15, 0.2) is 0 Å². The van der Waals surface area contributed by atoms with Crippen molar-refractivity contribution >= 4 is 11.7 Å². The number of halogens is 3. The molecule has 0 aliphatic rings. The van der Waals surface area contributed by atoms with E-state index in [4.69, 9.17) is 4.74 Å². The average molecular weight is 399 g/mol. The first-order valence-electron chi connectivity index (χ1n) is 7.99. The fraction of sp³-hybridized carbons (Fsp3) is 0.278. The van der Waals surface area contributed by atoms with Crippen molar-refractivity contribution in [3.8, 4) is 17.2 Å². The summed E-state index contributed by atoms with van der Waals surface area (Å²) in [4.78, 5) is 22.2. The van der Waals surface area contributed by atoms with Crippen molar-refractivity contribution < 1.29 is 37.5 Å². The second-order valence-corrected chi connectivity index (χ2v) is 6.15. The zero-order valence-corrected chi connectivity index (χ0v) is 15.0. The summed E-state index contributed by atoms with van der Waals surface area (Å²) in [6.07, 6.45) is -4.83. The quantitative estimate of drug-likeness (QED) is 0.515. The van der Waals surface area contributed by atoms with Crippen LogP contribution in [-0.2, 0) is 0 Å². The lowest BCUT2D eigenvalue weighted by Gasteiger charge is -2.17. The molecule has 0 atom stereocenters. The van der Waals surface area contributed by atoms with Gasteiger partial charge in [0.1, 0.15) is 22.8 Å². The highest BCUT2D eigenvalue weighted by molar-refractivity contribution is 5.94. The first-order valence-corrected chi connectivity index (χ1v) is 7.99. The normalized spacial score (nSPS) is 11.4. The molecule has 10 heteroatoms. The average Bonchev–Trinajstić information content (AvgIpc) is 2.55. The molecule has 0 radical (unpaired) electrons. The van der Waals surface area contributed by atoms with Crippen LogP contribution in [0.3, 0.4) is 0 Å². The summed E-state index contributed by atoms with van der Waals surface area (Å²) in [7, 11) is 0. The molecule has 0 unspecified atom stereocenters. The van der Waals surface area contributed by atoms with Crippen LogP contribution in [-0.4, -0.2) is 22.4 Å². The number of aromatic carboxylic acids is 1. The van der Waals surface area contributed by atoms with Gasteiger partial charge >= 0.3 is 12.3 Å². The lowest BCUT2D eigenvalue weighted by molar-refractivity contribution is -0.386. The molecule has 0 fully saturated rings. The van der Waals surface area contributed by atoms with Crippen LogP contribution in [0.4, 0.5) is 18.9 Å². The van der Waals surface area contributed by atoms with E-state index >= 15 is 0 Å². The lowest BCUT2D eigenvalue weighted by Crippen LogP contribution is -2.16. The van der Waals surface area contributed by atoms with Crippen LogP contribution in [0.2, 0.25) is 0 Å². The molecule has 0 bridgehead atoms. The van der Waals surface area contributed by atoms with E-state index in [1.807, 2.05) is 0 Å². The third-order valence-corrected chi connectivity index (χ3v) is 3.83. The second-order valence-electron chi connectivity index (χ2n) is 6.15. The van der Waals surface area contributed by atoms with E-state index in [2.05, 4.69) is 4.74 Å². The minimum atomic E-state index is -4.83. The number of benzene rings is 2. The molecule has 0 heterocycles. The van der Waals surface area contributed by atoms with Gasteiger partial charge in [-0.05, 0) is 37.1 Å². The van der Waals surface area contributed by atoms with Crippen molar-refractivity contribution in [3.05, 3.63) is 57.1 Å². The number of hydrogen-bond acceptors (Lipinski definition) is 5. The minimum absolute atomic E-state index is 0.0520. The van der Waals surface area contributed by atoms with E-state index in [-0.39, 0.29) is 23.0 Å². The van der Waals surface area contributed by atoms with E-state index in [0.717, 1.165) is 18.2 Å². The van der Waals surface area contributed by atoms with Crippen molar-refractivity contribution in [1.82, 2.24) is 0 Å². The number of ether oxygens (including phenoxy) is 2. The number of carboxylic acids is 1. The van der Waals surface area contributed by atoms with Gasteiger partial charge in [-0.15, -0.1) is 13.2 Å². The Balaban J connectivity index is 2.49. The summed E-state index contributed by atoms with van der Waals surface area (Å²) in [6, 6.07) is 5.51. The van der Waals surface area contributed by atoms with Gasteiger partial charge in [0.2, 0.25) is 0 Å². The van der Waals surface area contributed by atoms with Gasteiger partial charge in [0.25, 0.3) is 5.69 Å². The Labute approximate surface area is 157 Å². The SMILES string of the molecule is Cc1c(Oc2ccc(OC(F)(F)F)cc2)cc(C(=O)O)c([N+](=O)[O-])c1C(C)C. The summed E-state index contributed by atoms with van der Waals surface area (Å²) < 4.78 is 46.0. The topological polar surface area (TPSA) is 98.9 Å². The molecule has 0 aliphatic carbocycles. The van der Waals surface area contributed by atoms with Crippen LogP contribution in [0, 0.1) is 17.0 Å². The number of nitro groups is 1. The highest BCUT2D eigenvalue weighted by atomic mass is 19.4. The molecule has 150 valence electrons. The van der Waals surface area contributed by atoms with Crippen LogP contribution in [0.15, 0.2) is 30.3 Å². The number of nitrogens with zero attached hydrogens (tertiary/aromatic N) is 1. The summed E-state index contributed by atoms with van der Waals surface area (Å²) >= 11 is 0. The highest BCUT2D eigenvalue weighted by Gasteiger charge is 2.32. The van der Waals surface area contributed by atoms with E-state index in [1.54, 1.807) is 20.8 Å². The smallest absolute Gasteiger partial charge is 0.477 e. The fourth-order valence-corrected chi connectivity index (χ4v) is 2.77. The lowest BCUT2D eigenvalue weighted by atomic mass is 9.92. The Hall–Kier alpha value is -3.30. The Bertz CT molecular complexity index is 907. The van der Waals surface area contributed by atoms with Crippen LogP contribution in [0.25, 0.3) is 0 Å². The standard InChI is InChI=1S/C18H16F3NO6/c1-9(2)15-10(3)14(8-13(17(23)24)16(15)22(25)26)27-11-4-6-12(7-5-11)28-18(19,20)21/h4-9H,1-3H3,(H,23,24). The Morgan fingerprint density at radius 3 is 2.14 bits per heavy atom. The maximum atomic E-state index is 12.2. The zero-order valence-electron chi connectivity index (χ0n) is 15.0. The molecule has 2 rings (SSSR count). The van der Waals surface area contributed by atoms with Gasteiger partial charge in [-0.3, -0.25) is 10.1 Å². The molecule has 0 aromatic heterocycles. The van der Waals surface area contributed by atoms with Crippen LogP contribution in [0.1, 0.15) is 41.3 Å². The maximum Gasteiger partial charge on any atom is 0.573 e. The van der Waals surface area contributed by atoms with Crippen LogP contribution >= 0.6 is 0 Å². The second kappa shape index (κ2) is 7.75. The third kappa shape index (κ3) is 4.70. The van der Waals surface area contributed by atoms with Gasteiger partial charge in [0, 0.05) is 17.2 Å². The molecular formula is C18H16F3NO6. The van der Waals surface area contributed by atoms with E-state index < -0.39 is 34.3 Å². The van der Waals surface area contributed by atoms with Crippen molar-refractivity contribution in [2.75, 3.05) is 0 Å². The number of alkyl halides is 3. The molecule has 0 saturated carbocycles. The number of carbonyl (C=O) groups is 1. The first kappa shape index (κ1) is 21.0. The maximum absolute atomic E-state index is 12.2. The van der Waals surface area contributed by atoms with Crippen LogP contribution in [0.5, 0.6) is 17.2 Å². The third-order valence-electron chi connectivity index (χ3n) is 3.83. The zero-order chi connectivity index (χ0) is 21.2. The first-order chi connectivity index (χ1) is 12.9. The van der Waals surface area contributed by atoms with E-state index in [0.29, 0.717) is 5.56 Å². The number of rotatable bonds is 6. The van der Waals surface area contributed by atoms with Crippen molar-refractivity contribution in [2.45, 2.75) is 33.1 Å². The number of hydrogen-bond donors (Lipinski definition) is 1. The molecule has 0 saturated heterocycles. The summed E-state index contributed by atoms with van der Waals surface area (Å²) in [5.41, 5.74) is -0.480. The molecule has 0 amide bonds. The van der Waals surface area contributed by atoms with Crippen molar-refractivity contribution in [1.29, 1.82) is 0 Å². The Morgan fingerprint density at radius 2 is 1.71 bits per heavy atom. The molecule has 28 heavy (non-hydrogen) atoms. The van der Waals surface area contributed by atoms with Crippen molar-refractivity contribution in [2.24, 2.45) is 0 Å². The predicted molar refractivity (Wildman–Crippen MR) is 92.1 cm³/mol.